The van der Waals surface area contributed by atoms with E-state index in [2.05, 4.69) is 26.5 Å². The van der Waals surface area contributed by atoms with Gasteiger partial charge >= 0.3 is 0 Å². The number of phenolic OH excluding ortho intramolecular Hbond substituents is 1. The van der Waals surface area contributed by atoms with Crippen LogP contribution in [0.3, 0.4) is 0 Å². The number of benzene rings is 2. The maximum atomic E-state index is 12.0. The van der Waals surface area contributed by atoms with Gasteiger partial charge in [-0.1, -0.05) is 15.9 Å². The number of nitrogens with one attached hydrogen (secondary N) is 1. The van der Waals surface area contributed by atoms with Crippen LogP contribution in [0.5, 0.6) is 17.2 Å². The Kier molecular flexibility index (Phi) is 6.20. The van der Waals surface area contributed by atoms with Gasteiger partial charge in [-0.3, -0.25) is 4.79 Å². The molecular weight excluding hydrogens is 376 g/mol. The van der Waals surface area contributed by atoms with Gasteiger partial charge in [-0.2, -0.15) is 5.10 Å². The third kappa shape index (κ3) is 4.99. The Balaban J connectivity index is 1.90. The predicted molar refractivity (Wildman–Crippen MR) is 94.6 cm³/mol. The molecule has 0 spiro atoms. The predicted octanol–water partition coefficient (Wildman–Crippen LogP) is 3.08. The van der Waals surface area contributed by atoms with Crippen molar-refractivity contribution < 1.29 is 19.4 Å². The Morgan fingerprint density at radius 1 is 1.29 bits per heavy atom. The highest BCUT2D eigenvalue weighted by molar-refractivity contribution is 9.10. The molecule has 0 bridgehead atoms. The molecule has 0 fully saturated rings. The minimum absolute atomic E-state index is 0.0372. The summed E-state index contributed by atoms with van der Waals surface area (Å²) in [6.45, 7) is 1.64. The second-order valence-electron chi connectivity index (χ2n) is 4.88. The summed E-state index contributed by atoms with van der Waals surface area (Å²) in [4.78, 5) is 12.0. The van der Waals surface area contributed by atoms with Crippen LogP contribution in [0.2, 0.25) is 0 Å². The summed E-state index contributed by atoms with van der Waals surface area (Å²) in [5.41, 5.74) is 3.08. The molecule has 7 heteroatoms. The van der Waals surface area contributed by atoms with Gasteiger partial charge in [0, 0.05) is 4.47 Å². The Labute approximate surface area is 148 Å². The number of carbonyl (C=O) groups excluding carboxylic acids is 1. The highest BCUT2D eigenvalue weighted by Gasteiger charge is 2.13. The van der Waals surface area contributed by atoms with E-state index in [1.807, 2.05) is 12.1 Å². The van der Waals surface area contributed by atoms with E-state index >= 15 is 0 Å². The Morgan fingerprint density at radius 3 is 2.67 bits per heavy atom. The third-order valence-corrected chi connectivity index (χ3v) is 3.62. The molecule has 1 atom stereocenters. The highest BCUT2D eigenvalue weighted by Crippen LogP contribution is 2.25. The number of hydrogen-bond donors (Lipinski definition) is 2. The number of hydrazone groups is 1. The van der Waals surface area contributed by atoms with Crippen LogP contribution in [0.4, 0.5) is 0 Å². The summed E-state index contributed by atoms with van der Waals surface area (Å²) in [6, 6.07) is 11.9. The number of ether oxygens (including phenoxy) is 2. The highest BCUT2D eigenvalue weighted by atomic mass is 79.9. The molecule has 2 N–H and O–H groups in total. The average molecular weight is 393 g/mol. The minimum Gasteiger partial charge on any atom is -0.504 e. The first kappa shape index (κ1) is 17.8. The number of aromatic hydroxyl groups is 1. The van der Waals surface area contributed by atoms with Gasteiger partial charge in [0.2, 0.25) is 0 Å². The zero-order valence-electron chi connectivity index (χ0n) is 13.2. The lowest BCUT2D eigenvalue weighted by Gasteiger charge is -2.12. The smallest absolute Gasteiger partial charge is 0.280 e. The first-order chi connectivity index (χ1) is 11.5. The zero-order chi connectivity index (χ0) is 17.5. The van der Waals surface area contributed by atoms with Crippen molar-refractivity contribution in [3.8, 4) is 17.2 Å². The first-order valence-electron chi connectivity index (χ1n) is 7.11. The van der Waals surface area contributed by atoms with E-state index < -0.39 is 6.10 Å². The Morgan fingerprint density at radius 2 is 2.00 bits per heavy atom. The van der Waals surface area contributed by atoms with Crippen LogP contribution in [0.1, 0.15) is 12.5 Å². The molecule has 0 aliphatic heterocycles. The Hall–Kier alpha value is -2.54. The maximum absolute atomic E-state index is 12.0. The fourth-order valence-electron chi connectivity index (χ4n) is 1.81. The minimum atomic E-state index is -0.697. The summed E-state index contributed by atoms with van der Waals surface area (Å²) in [5, 5.41) is 13.4. The van der Waals surface area contributed by atoms with Gasteiger partial charge in [0.05, 0.1) is 13.3 Å². The third-order valence-electron chi connectivity index (χ3n) is 3.09. The van der Waals surface area contributed by atoms with Crippen molar-refractivity contribution in [3.63, 3.8) is 0 Å². The number of amides is 1. The number of nitrogens with zero attached hydrogens (tertiary/aromatic N) is 1. The summed E-state index contributed by atoms with van der Waals surface area (Å²) in [5.74, 6) is 0.584. The topological polar surface area (TPSA) is 80.2 Å². The van der Waals surface area contributed by atoms with Crippen LogP contribution >= 0.6 is 15.9 Å². The molecule has 0 aliphatic carbocycles. The molecule has 2 aromatic rings. The molecule has 0 saturated heterocycles. The molecule has 2 aromatic carbocycles. The van der Waals surface area contributed by atoms with Crippen LogP contribution < -0.4 is 14.9 Å². The lowest BCUT2D eigenvalue weighted by Crippen LogP contribution is -2.33. The normalized spacial score (nSPS) is 12.0. The van der Waals surface area contributed by atoms with Gasteiger partial charge in [-0.05, 0) is 55.0 Å². The molecule has 0 heterocycles. The van der Waals surface area contributed by atoms with Crippen molar-refractivity contribution in [2.45, 2.75) is 13.0 Å². The molecule has 6 nitrogen and oxygen atoms in total. The quantitative estimate of drug-likeness (QED) is 0.584. The summed E-state index contributed by atoms with van der Waals surface area (Å²) < 4.78 is 11.5. The molecule has 0 radical (unpaired) electrons. The standard InChI is InChI=1S/C17H17BrN2O4/c1-11(24-14-6-4-13(18)5-7-14)17(22)20-19-10-12-3-8-15(21)16(9-12)23-2/h3-11,21H,1-2H3,(H,20,22)/b19-10+. The van der Waals surface area contributed by atoms with E-state index in [1.165, 1.54) is 19.4 Å². The van der Waals surface area contributed by atoms with Crippen LogP contribution in [0.25, 0.3) is 0 Å². The second kappa shape index (κ2) is 8.35. The summed E-state index contributed by atoms with van der Waals surface area (Å²) >= 11 is 3.33. The Bertz CT molecular complexity index is 732. The SMILES string of the molecule is COc1cc(/C=N/NC(=O)C(C)Oc2ccc(Br)cc2)ccc1O. The molecule has 0 aromatic heterocycles. The van der Waals surface area contributed by atoms with E-state index in [0.717, 1.165) is 4.47 Å². The number of phenols is 1. The van der Waals surface area contributed by atoms with Crippen molar-refractivity contribution >= 4 is 28.1 Å². The van der Waals surface area contributed by atoms with E-state index in [9.17, 15) is 9.90 Å². The lowest BCUT2D eigenvalue weighted by molar-refractivity contribution is -0.127. The molecule has 0 saturated carbocycles. The number of carbonyl (C=O) groups is 1. The fraction of sp³-hybridized carbons (Fsp3) is 0.176. The van der Waals surface area contributed by atoms with Crippen LogP contribution in [-0.4, -0.2) is 30.4 Å². The van der Waals surface area contributed by atoms with Gasteiger partial charge in [0.1, 0.15) is 5.75 Å². The largest absolute Gasteiger partial charge is 0.504 e. The monoisotopic (exact) mass is 392 g/mol. The molecular formula is C17H17BrN2O4. The second-order valence-corrected chi connectivity index (χ2v) is 5.80. The van der Waals surface area contributed by atoms with Gasteiger partial charge in [0.25, 0.3) is 5.91 Å². The zero-order valence-corrected chi connectivity index (χ0v) is 14.8. The number of methoxy groups -OCH3 is 1. The number of hydrogen-bond acceptors (Lipinski definition) is 5. The van der Waals surface area contributed by atoms with Gasteiger partial charge in [-0.25, -0.2) is 5.43 Å². The number of halogens is 1. The van der Waals surface area contributed by atoms with Crippen LogP contribution in [0, 0.1) is 0 Å². The van der Waals surface area contributed by atoms with E-state index in [0.29, 0.717) is 17.1 Å². The van der Waals surface area contributed by atoms with Crippen molar-refractivity contribution in [2.24, 2.45) is 5.10 Å². The van der Waals surface area contributed by atoms with Crippen molar-refractivity contribution in [2.75, 3.05) is 7.11 Å². The number of rotatable bonds is 6. The van der Waals surface area contributed by atoms with Gasteiger partial charge in [-0.15, -0.1) is 0 Å². The molecule has 0 aliphatic rings. The lowest BCUT2D eigenvalue weighted by atomic mass is 10.2. The molecule has 1 amide bonds. The first-order valence-corrected chi connectivity index (χ1v) is 7.91. The van der Waals surface area contributed by atoms with Crippen molar-refractivity contribution in [1.29, 1.82) is 0 Å². The molecule has 24 heavy (non-hydrogen) atoms. The molecule has 2 rings (SSSR count). The van der Waals surface area contributed by atoms with E-state index in [4.69, 9.17) is 9.47 Å². The molecule has 1 unspecified atom stereocenters. The van der Waals surface area contributed by atoms with Crippen LogP contribution in [-0.2, 0) is 4.79 Å². The van der Waals surface area contributed by atoms with E-state index in [-0.39, 0.29) is 11.7 Å². The maximum Gasteiger partial charge on any atom is 0.280 e. The van der Waals surface area contributed by atoms with Gasteiger partial charge in [0.15, 0.2) is 17.6 Å². The average Bonchev–Trinajstić information content (AvgIpc) is 2.58. The van der Waals surface area contributed by atoms with Crippen molar-refractivity contribution in [3.05, 3.63) is 52.5 Å². The summed E-state index contributed by atoms with van der Waals surface area (Å²) in [6.07, 6.45) is 0.754. The molecule has 126 valence electrons. The van der Waals surface area contributed by atoms with Gasteiger partial charge < -0.3 is 14.6 Å². The fourth-order valence-corrected chi connectivity index (χ4v) is 2.07. The van der Waals surface area contributed by atoms with E-state index in [1.54, 1.807) is 31.2 Å². The van der Waals surface area contributed by atoms with Crippen molar-refractivity contribution in [1.82, 2.24) is 5.43 Å². The van der Waals surface area contributed by atoms with Crippen LogP contribution in [0.15, 0.2) is 52.0 Å². The summed E-state index contributed by atoms with van der Waals surface area (Å²) in [7, 11) is 1.46.